The van der Waals surface area contributed by atoms with Gasteiger partial charge in [-0.2, -0.15) is 9.57 Å². The third-order valence-electron chi connectivity index (χ3n) is 2.40. The number of hydrogen-bond acceptors (Lipinski definition) is 3. The molecule has 0 aliphatic carbocycles. The Morgan fingerprint density at radius 1 is 1.29 bits per heavy atom. The quantitative estimate of drug-likeness (QED) is 0.750. The van der Waals surface area contributed by atoms with Gasteiger partial charge in [-0.3, -0.25) is 0 Å². The molecule has 0 aliphatic rings. The molecule has 0 bridgehead atoms. The van der Waals surface area contributed by atoms with Crippen LogP contribution < -0.4 is 0 Å². The van der Waals surface area contributed by atoms with Gasteiger partial charge in [0.1, 0.15) is 6.54 Å². The van der Waals surface area contributed by atoms with Crippen molar-refractivity contribution in [2.45, 2.75) is 25.6 Å². The molecule has 0 radical (unpaired) electrons. The number of nitrogens with zero attached hydrogens (tertiary/aromatic N) is 2. The topological polar surface area (TPSA) is 61.2 Å². The van der Waals surface area contributed by atoms with Gasteiger partial charge in [-0.1, -0.05) is 30.3 Å². The number of hydrogen-bond donors (Lipinski definition) is 0. The van der Waals surface area contributed by atoms with Gasteiger partial charge in [-0.05, 0) is 19.4 Å². The molecule has 17 heavy (non-hydrogen) atoms. The van der Waals surface area contributed by atoms with Crippen molar-refractivity contribution in [1.82, 2.24) is 4.31 Å². The fraction of sp³-hybridized carbons (Fsp3) is 0.417. The smallest absolute Gasteiger partial charge is 0.212 e. The number of rotatable bonds is 5. The Hall–Kier alpha value is -1.38. The zero-order valence-corrected chi connectivity index (χ0v) is 10.8. The standard InChI is InChI=1S/C12H16N2O2S/c1-11(2)17(15,16)14(9-8-13)10-12-6-4-3-5-7-12/h3-7,11H,9-10H2,1-2H3. The zero-order valence-electron chi connectivity index (χ0n) is 10.00. The Kier molecular flexibility index (Phi) is 4.67. The molecule has 0 saturated carbocycles. The minimum atomic E-state index is -3.39. The fourth-order valence-corrected chi connectivity index (χ4v) is 2.56. The Labute approximate surface area is 103 Å². The van der Waals surface area contributed by atoms with Crippen LogP contribution in [0.3, 0.4) is 0 Å². The van der Waals surface area contributed by atoms with Crippen LogP contribution in [0.15, 0.2) is 30.3 Å². The van der Waals surface area contributed by atoms with Crippen LogP contribution in [-0.2, 0) is 16.6 Å². The molecule has 5 heteroatoms. The van der Waals surface area contributed by atoms with Crippen molar-refractivity contribution >= 4 is 10.0 Å². The first-order valence-corrected chi connectivity index (χ1v) is 6.88. The number of nitriles is 1. The predicted molar refractivity (Wildman–Crippen MR) is 66.5 cm³/mol. The largest absolute Gasteiger partial charge is 0.217 e. The highest BCUT2D eigenvalue weighted by Gasteiger charge is 2.25. The molecule has 4 nitrogen and oxygen atoms in total. The molecule has 0 aromatic heterocycles. The molecule has 0 saturated heterocycles. The number of sulfonamides is 1. The predicted octanol–water partition coefficient (Wildman–Crippen LogP) is 1.75. The minimum Gasteiger partial charge on any atom is -0.212 e. The lowest BCUT2D eigenvalue weighted by atomic mass is 10.2. The summed E-state index contributed by atoms with van der Waals surface area (Å²) >= 11 is 0. The maximum absolute atomic E-state index is 12.0. The monoisotopic (exact) mass is 252 g/mol. The van der Waals surface area contributed by atoms with Gasteiger partial charge in [0, 0.05) is 6.54 Å². The first-order chi connectivity index (χ1) is 7.98. The van der Waals surface area contributed by atoms with Gasteiger partial charge in [0.25, 0.3) is 0 Å². The van der Waals surface area contributed by atoms with Gasteiger partial charge in [-0.15, -0.1) is 0 Å². The third kappa shape index (κ3) is 3.55. The lowest BCUT2D eigenvalue weighted by molar-refractivity contribution is 0.435. The normalized spacial score (nSPS) is 11.7. The molecular formula is C12H16N2O2S. The van der Waals surface area contributed by atoms with Crippen LogP contribution in [0.25, 0.3) is 0 Å². The first-order valence-electron chi connectivity index (χ1n) is 5.38. The molecule has 0 unspecified atom stereocenters. The van der Waals surface area contributed by atoms with Crippen molar-refractivity contribution in [3.63, 3.8) is 0 Å². The van der Waals surface area contributed by atoms with Gasteiger partial charge in [0.2, 0.25) is 10.0 Å². The van der Waals surface area contributed by atoms with Crippen LogP contribution >= 0.6 is 0 Å². The summed E-state index contributed by atoms with van der Waals surface area (Å²) in [6.45, 7) is 3.36. The van der Waals surface area contributed by atoms with E-state index in [9.17, 15) is 8.42 Å². The lowest BCUT2D eigenvalue weighted by Crippen LogP contribution is -2.36. The summed E-state index contributed by atoms with van der Waals surface area (Å²) in [6.07, 6.45) is 0. The number of benzene rings is 1. The second-order valence-corrected chi connectivity index (χ2v) is 6.49. The Balaban J connectivity index is 2.93. The molecule has 0 heterocycles. The maximum Gasteiger partial charge on any atom is 0.217 e. The molecule has 0 aliphatic heterocycles. The van der Waals surface area contributed by atoms with E-state index < -0.39 is 15.3 Å². The average Bonchev–Trinajstić information content (AvgIpc) is 2.29. The van der Waals surface area contributed by atoms with Gasteiger partial charge >= 0.3 is 0 Å². The highest BCUT2D eigenvalue weighted by Crippen LogP contribution is 2.13. The van der Waals surface area contributed by atoms with Gasteiger partial charge in [0.05, 0.1) is 11.3 Å². The summed E-state index contributed by atoms with van der Waals surface area (Å²) < 4.78 is 25.2. The Bertz CT molecular complexity index is 489. The highest BCUT2D eigenvalue weighted by atomic mass is 32.2. The van der Waals surface area contributed by atoms with E-state index in [1.165, 1.54) is 4.31 Å². The lowest BCUT2D eigenvalue weighted by Gasteiger charge is -2.21. The van der Waals surface area contributed by atoms with Crippen molar-refractivity contribution in [2.75, 3.05) is 6.54 Å². The molecule has 0 amide bonds. The van der Waals surface area contributed by atoms with Crippen LogP contribution in [0.4, 0.5) is 0 Å². The molecule has 1 aromatic carbocycles. The van der Waals surface area contributed by atoms with Gasteiger partial charge in [0.15, 0.2) is 0 Å². The first kappa shape index (κ1) is 13.7. The Morgan fingerprint density at radius 3 is 2.35 bits per heavy atom. The SMILES string of the molecule is CC(C)S(=O)(=O)N(CC#N)Cc1ccccc1. The van der Waals surface area contributed by atoms with E-state index in [1.54, 1.807) is 13.8 Å². The third-order valence-corrected chi connectivity index (χ3v) is 4.57. The van der Waals surface area contributed by atoms with Crippen molar-refractivity contribution in [2.24, 2.45) is 0 Å². The second kappa shape index (κ2) is 5.80. The molecule has 0 spiro atoms. The van der Waals surface area contributed by atoms with E-state index in [2.05, 4.69) is 0 Å². The zero-order chi connectivity index (χ0) is 12.9. The van der Waals surface area contributed by atoms with E-state index in [0.29, 0.717) is 0 Å². The fourth-order valence-electron chi connectivity index (χ4n) is 1.40. The van der Waals surface area contributed by atoms with Crippen LogP contribution in [0.5, 0.6) is 0 Å². The van der Waals surface area contributed by atoms with Crippen LogP contribution in [0.2, 0.25) is 0 Å². The molecule has 0 fully saturated rings. The van der Waals surface area contributed by atoms with Crippen LogP contribution in [-0.4, -0.2) is 24.5 Å². The molecule has 0 atom stereocenters. The van der Waals surface area contributed by atoms with Crippen LogP contribution in [0.1, 0.15) is 19.4 Å². The van der Waals surface area contributed by atoms with E-state index in [0.717, 1.165) is 5.56 Å². The molecule has 1 rings (SSSR count). The average molecular weight is 252 g/mol. The highest BCUT2D eigenvalue weighted by molar-refractivity contribution is 7.89. The summed E-state index contributed by atoms with van der Waals surface area (Å²) in [5.74, 6) is 0. The van der Waals surface area contributed by atoms with E-state index in [1.807, 2.05) is 36.4 Å². The van der Waals surface area contributed by atoms with E-state index in [4.69, 9.17) is 5.26 Å². The molecular weight excluding hydrogens is 236 g/mol. The molecule has 1 aromatic rings. The van der Waals surface area contributed by atoms with Crippen molar-refractivity contribution in [3.05, 3.63) is 35.9 Å². The summed E-state index contributed by atoms with van der Waals surface area (Å²) in [4.78, 5) is 0. The maximum atomic E-state index is 12.0. The van der Waals surface area contributed by atoms with Gasteiger partial charge in [-0.25, -0.2) is 8.42 Å². The van der Waals surface area contributed by atoms with E-state index >= 15 is 0 Å². The molecule has 0 N–H and O–H groups in total. The van der Waals surface area contributed by atoms with Gasteiger partial charge < -0.3 is 0 Å². The van der Waals surface area contributed by atoms with E-state index in [-0.39, 0.29) is 13.1 Å². The second-order valence-electron chi connectivity index (χ2n) is 4.01. The van der Waals surface area contributed by atoms with Crippen molar-refractivity contribution < 1.29 is 8.42 Å². The summed E-state index contributed by atoms with van der Waals surface area (Å²) in [7, 11) is -3.39. The summed E-state index contributed by atoms with van der Waals surface area (Å²) in [5.41, 5.74) is 0.881. The Morgan fingerprint density at radius 2 is 1.88 bits per heavy atom. The minimum absolute atomic E-state index is 0.116. The molecule has 92 valence electrons. The summed E-state index contributed by atoms with van der Waals surface area (Å²) in [6, 6.07) is 11.2. The van der Waals surface area contributed by atoms with Crippen LogP contribution in [0, 0.1) is 11.3 Å². The van der Waals surface area contributed by atoms with Crippen molar-refractivity contribution in [3.8, 4) is 6.07 Å². The van der Waals surface area contributed by atoms with Crippen molar-refractivity contribution in [1.29, 1.82) is 5.26 Å². The summed E-state index contributed by atoms with van der Waals surface area (Å²) in [5, 5.41) is 8.19.